The zero-order valence-corrected chi connectivity index (χ0v) is 18.9. The Hall–Kier alpha value is -3.12. The maximum atomic E-state index is 12.9. The molecule has 1 fully saturated rings. The molecule has 0 radical (unpaired) electrons. The number of nitrogens with zero attached hydrogens (tertiary/aromatic N) is 3. The van der Waals surface area contributed by atoms with Crippen molar-refractivity contribution in [2.75, 3.05) is 26.2 Å². The van der Waals surface area contributed by atoms with E-state index in [0.717, 1.165) is 67.5 Å². The zero-order valence-electron chi connectivity index (χ0n) is 18.9. The van der Waals surface area contributed by atoms with E-state index in [1.807, 2.05) is 73.3 Å². The van der Waals surface area contributed by atoms with Crippen LogP contribution in [0, 0.1) is 13.8 Å². The van der Waals surface area contributed by atoms with Gasteiger partial charge >= 0.3 is 0 Å². The summed E-state index contributed by atoms with van der Waals surface area (Å²) in [5.41, 5.74) is 4.27. The Labute approximate surface area is 189 Å². The fraction of sp³-hybridized carbons (Fsp3) is 0.385. The van der Waals surface area contributed by atoms with Crippen molar-refractivity contribution in [3.05, 3.63) is 82.7 Å². The number of rotatable bonds is 7. The lowest BCUT2D eigenvalue weighted by molar-refractivity contribution is -0.130. The Balaban J connectivity index is 1.26. The lowest BCUT2D eigenvalue weighted by Gasteiger charge is -2.22. The number of aryl methyl sites for hydroxylation is 2. The third-order valence-corrected chi connectivity index (χ3v) is 6.03. The molecule has 0 aliphatic carbocycles. The summed E-state index contributed by atoms with van der Waals surface area (Å²) in [4.78, 5) is 17.3. The Morgan fingerprint density at radius 2 is 1.75 bits per heavy atom. The summed E-state index contributed by atoms with van der Waals surface area (Å²) in [6.45, 7) is 8.70. The number of benzene rings is 2. The second-order valence-electron chi connectivity index (χ2n) is 8.41. The number of ether oxygens (including phenoxy) is 1. The van der Waals surface area contributed by atoms with Crippen LogP contribution in [-0.4, -0.2) is 47.0 Å². The Kier molecular flexibility index (Phi) is 7.22. The summed E-state index contributed by atoms with van der Waals surface area (Å²) in [5, 5.41) is 4.05. The molecular formula is C26H31N3O3. The van der Waals surface area contributed by atoms with Crippen molar-refractivity contribution < 1.29 is 14.1 Å². The van der Waals surface area contributed by atoms with E-state index in [-0.39, 0.29) is 5.91 Å². The normalized spacial score (nSPS) is 14.9. The molecule has 1 amide bonds. The van der Waals surface area contributed by atoms with Crippen LogP contribution in [0.15, 0.2) is 59.1 Å². The average Bonchev–Trinajstić information content (AvgIpc) is 3.00. The van der Waals surface area contributed by atoms with Gasteiger partial charge in [-0.1, -0.05) is 47.6 Å². The van der Waals surface area contributed by atoms with E-state index in [9.17, 15) is 4.79 Å². The number of aromatic nitrogens is 1. The molecule has 1 aromatic heterocycles. The largest absolute Gasteiger partial charge is 0.489 e. The highest BCUT2D eigenvalue weighted by Gasteiger charge is 2.21. The number of amides is 1. The first kappa shape index (κ1) is 22.1. The van der Waals surface area contributed by atoms with E-state index in [4.69, 9.17) is 9.26 Å². The van der Waals surface area contributed by atoms with Gasteiger partial charge in [0, 0.05) is 38.3 Å². The molecule has 168 valence electrons. The minimum atomic E-state index is 0.183. The van der Waals surface area contributed by atoms with Gasteiger partial charge in [-0.2, -0.15) is 0 Å². The minimum absolute atomic E-state index is 0.183. The second kappa shape index (κ2) is 10.5. The van der Waals surface area contributed by atoms with Gasteiger partial charge in [-0.15, -0.1) is 0 Å². The Morgan fingerprint density at radius 1 is 0.969 bits per heavy atom. The summed E-state index contributed by atoms with van der Waals surface area (Å²) in [6, 6.07) is 18.0. The number of hydrogen-bond acceptors (Lipinski definition) is 5. The van der Waals surface area contributed by atoms with Crippen LogP contribution < -0.4 is 4.74 Å². The Bertz CT molecular complexity index is 995. The average molecular weight is 434 g/mol. The van der Waals surface area contributed by atoms with E-state index in [0.29, 0.717) is 13.0 Å². The SMILES string of the molecule is Cc1noc(C)c1CN1CCCN(C(=O)Cc2ccc(OCc3ccccc3)cc2)CC1. The fourth-order valence-corrected chi connectivity index (χ4v) is 4.06. The molecule has 0 bridgehead atoms. The van der Waals surface area contributed by atoms with Gasteiger partial charge in [0.15, 0.2) is 0 Å². The molecule has 0 spiro atoms. The standard InChI is InChI=1S/C26H31N3O3/c1-20-25(21(2)32-27-20)18-28-13-6-14-29(16-15-28)26(30)17-22-9-11-24(12-10-22)31-19-23-7-4-3-5-8-23/h3-5,7-12H,6,13-19H2,1-2H3. The van der Waals surface area contributed by atoms with Crippen molar-refractivity contribution in [1.29, 1.82) is 0 Å². The van der Waals surface area contributed by atoms with Crippen molar-refractivity contribution in [3.63, 3.8) is 0 Å². The summed E-state index contributed by atoms with van der Waals surface area (Å²) in [6.07, 6.45) is 1.39. The van der Waals surface area contributed by atoms with Gasteiger partial charge in [-0.05, 0) is 43.5 Å². The molecule has 3 aromatic rings. The van der Waals surface area contributed by atoms with Crippen LogP contribution in [0.1, 0.15) is 34.6 Å². The third-order valence-electron chi connectivity index (χ3n) is 6.03. The number of hydrogen-bond donors (Lipinski definition) is 0. The van der Waals surface area contributed by atoms with Crippen LogP contribution in [0.25, 0.3) is 0 Å². The minimum Gasteiger partial charge on any atom is -0.489 e. The van der Waals surface area contributed by atoms with Gasteiger partial charge in [0.1, 0.15) is 18.1 Å². The van der Waals surface area contributed by atoms with Crippen LogP contribution in [-0.2, 0) is 24.4 Å². The van der Waals surface area contributed by atoms with E-state index in [1.165, 1.54) is 5.56 Å². The molecule has 32 heavy (non-hydrogen) atoms. The van der Waals surface area contributed by atoms with Crippen LogP contribution in [0.3, 0.4) is 0 Å². The first-order valence-electron chi connectivity index (χ1n) is 11.3. The molecule has 4 rings (SSSR count). The molecule has 0 saturated carbocycles. The van der Waals surface area contributed by atoms with E-state index < -0.39 is 0 Å². The van der Waals surface area contributed by atoms with Gasteiger partial charge < -0.3 is 14.2 Å². The van der Waals surface area contributed by atoms with Crippen LogP contribution in [0.4, 0.5) is 0 Å². The van der Waals surface area contributed by atoms with Crippen molar-refractivity contribution in [2.45, 2.75) is 39.8 Å². The van der Waals surface area contributed by atoms with E-state index in [2.05, 4.69) is 10.1 Å². The smallest absolute Gasteiger partial charge is 0.227 e. The van der Waals surface area contributed by atoms with Crippen molar-refractivity contribution >= 4 is 5.91 Å². The van der Waals surface area contributed by atoms with Gasteiger partial charge in [0.25, 0.3) is 0 Å². The lowest BCUT2D eigenvalue weighted by Crippen LogP contribution is -2.36. The lowest BCUT2D eigenvalue weighted by atomic mass is 10.1. The molecule has 1 aliphatic rings. The maximum Gasteiger partial charge on any atom is 0.227 e. The van der Waals surface area contributed by atoms with E-state index in [1.54, 1.807) is 0 Å². The van der Waals surface area contributed by atoms with Crippen molar-refractivity contribution in [2.24, 2.45) is 0 Å². The quantitative estimate of drug-likeness (QED) is 0.560. The molecule has 2 aromatic carbocycles. The van der Waals surface area contributed by atoms with E-state index >= 15 is 0 Å². The predicted molar refractivity (Wildman–Crippen MR) is 123 cm³/mol. The number of carbonyl (C=O) groups is 1. The first-order chi connectivity index (χ1) is 15.6. The maximum absolute atomic E-state index is 12.9. The zero-order chi connectivity index (χ0) is 22.3. The van der Waals surface area contributed by atoms with Crippen LogP contribution >= 0.6 is 0 Å². The fourth-order valence-electron chi connectivity index (χ4n) is 4.06. The molecule has 1 saturated heterocycles. The third kappa shape index (κ3) is 5.77. The molecule has 6 nitrogen and oxygen atoms in total. The molecule has 0 N–H and O–H groups in total. The van der Waals surface area contributed by atoms with Crippen molar-refractivity contribution in [3.8, 4) is 5.75 Å². The molecule has 2 heterocycles. The second-order valence-corrected chi connectivity index (χ2v) is 8.41. The van der Waals surface area contributed by atoms with Crippen molar-refractivity contribution in [1.82, 2.24) is 15.0 Å². The van der Waals surface area contributed by atoms with Crippen LogP contribution in [0.5, 0.6) is 5.75 Å². The monoisotopic (exact) mass is 433 g/mol. The number of carbonyl (C=O) groups excluding carboxylic acids is 1. The highest BCUT2D eigenvalue weighted by molar-refractivity contribution is 5.78. The predicted octanol–water partition coefficient (Wildman–Crippen LogP) is 4.15. The molecular weight excluding hydrogens is 402 g/mol. The molecule has 0 unspecified atom stereocenters. The Morgan fingerprint density at radius 3 is 2.47 bits per heavy atom. The van der Waals surface area contributed by atoms with Crippen LogP contribution in [0.2, 0.25) is 0 Å². The van der Waals surface area contributed by atoms with Gasteiger partial charge in [0.2, 0.25) is 5.91 Å². The van der Waals surface area contributed by atoms with Gasteiger partial charge in [-0.3, -0.25) is 9.69 Å². The molecule has 1 aliphatic heterocycles. The summed E-state index contributed by atoms with van der Waals surface area (Å²) >= 11 is 0. The molecule has 0 atom stereocenters. The van der Waals surface area contributed by atoms with Gasteiger partial charge in [-0.25, -0.2) is 0 Å². The highest BCUT2D eigenvalue weighted by atomic mass is 16.5. The summed E-state index contributed by atoms with van der Waals surface area (Å²) < 4.78 is 11.1. The highest BCUT2D eigenvalue weighted by Crippen LogP contribution is 2.18. The summed E-state index contributed by atoms with van der Waals surface area (Å²) in [5.74, 6) is 1.88. The van der Waals surface area contributed by atoms with Gasteiger partial charge in [0.05, 0.1) is 12.1 Å². The first-order valence-corrected chi connectivity index (χ1v) is 11.3. The topological polar surface area (TPSA) is 58.8 Å². The summed E-state index contributed by atoms with van der Waals surface area (Å²) in [7, 11) is 0. The molecule has 6 heteroatoms.